The van der Waals surface area contributed by atoms with E-state index in [4.69, 9.17) is 4.74 Å². The molecule has 3 heterocycles. The highest BCUT2D eigenvalue weighted by Crippen LogP contribution is 2.36. The molecule has 0 aliphatic carbocycles. The lowest BCUT2D eigenvalue weighted by Crippen LogP contribution is -2.36. The number of aromatic amines is 1. The minimum absolute atomic E-state index is 0.0434. The van der Waals surface area contributed by atoms with Crippen molar-refractivity contribution in [1.82, 2.24) is 14.9 Å². The van der Waals surface area contributed by atoms with Gasteiger partial charge in [0.1, 0.15) is 11.4 Å². The standard InChI is InChI=1S/C17H22BrN3O2S/c1-10-8-13(24-14(10)18)11-9-19-15(20-11)12-6-5-7-21(12)16(22)23-17(2,3)4/h8-9,12H,5-7H2,1-4H3,(H,19,20)/t12-/m0/s1. The van der Waals surface area contributed by atoms with Crippen LogP contribution in [0.2, 0.25) is 0 Å². The first-order chi connectivity index (χ1) is 11.2. The summed E-state index contributed by atoms with van der Waals surface area (Å²) in [6, 6.07) is 2.09. The summed E-state index contributed by atoms with van der Waals surface area (Å²) in [6.07, 6.45) is 3.44. The molecule has 1 saturated heterocycles. The van der Waals surface area contributed by atoms with E-state index in [-0.39, 0.29) is 12.1 Å². The molecule has 2 aromatic heterocycles. The van der Waals surface area contributed by atoms with Gasteiger partial charge in [0.05, 0.1) is 26.6 Å². The summed E-state index contributed by atoms with van der Waals surface area (Å²) in [6.45, 7) is 8.44. The van der Waals surface area contributed by atoms with Crippen LogP contribution in [0.5, 0.6) is 0 Å². The Morgan fingerprint density at radius 2 is 2.25 bits per heavy atom. The van der Waals surface area contributed by atoms with E-state index in [9.17, 15) is 4.79 Å². The molecule has 1 aliphatic heterocycles. The molecular weight excluding hydrogens is 390 g/mol. The van der Waals surface area contributed by atoms with Crippen LogP contribution >= 0.6 is 27.3 Å². The summed E-state index contributed by atoms with van der Waals surface area (Å²) in [4.78, 5) is 23.3. The number of nitrogens with one attached hydrogen (secondary N) is 1. The van der Waals surface area contributed by atoms with Gasteiger partial charge in [0, 0.05) is 6.54 Å². The number of ether oxygens (including phenoxy) is 1. The van der Waals surface area contributed by atoms with Crippen molar-refractivity contribution in [3.05, 3.63) is 27.4 Å². The number of nitrogens with zero attached hydrogens (tertiary/aromatic N) is 2. The molecular formula is C17H22BrN3O2S. The van der Waals surface area contributed by atoms with Gasteiger partial charge in [0.2, 0.25) is 0 Å². The average Bonchev–Trinajstić information content (AvgIpc) is 3.17. The number of hydrogen-bond acceptors (Lipinski definition) is 4. The lowest BCUT2D eigenvalue weighted by molar-refractivity contribution is 0.0219. The summed E-state index contributed by atoms with van der Waals surface area (Å²) in [7, 11) is 0. The minimum atomic E-state index is -0.487. The predicted molar refractivity (Wildman–Crippen MR) is 99.3 cm³/mol. The SMILES string of the molecule is Cc1cc(-c2cnc([C@@H]3CCCN3C(=O)OC(C)(C)C)[nH]2)sc1Br. The quantitative estimate of drug-likeness (QED) is 0.730. The van der Waals surface area contributed by atoms with Crippen LogP contribution in [0.15, 0.2) is 16.0 Å². The van der Waals surface area contributed by atoms with E-state index in [0.717, 1.165) is 33.0 Å². The highest BCUT2D eigenvalue weighted by Gasteiger charge is 2.34. The molecule has 0 radical (unpaired) electrons. The molecule has 0 saturated carbocycles. The molecule has 1 N–H and O–H groups in total. The number of likely N-dealkylation sites (tertiary alicyclic amines) is 1. The van der Waals surface area contributed by atoms with E-state index >= 15 is 0 Å². The van der Waals surface area contributed by atoms with Crippen LogP contribution in [0.1, 0.15) is 51.0 Å². The van der Waals surface area contributed by atoms with E-state index in [1.807, 2.05) is 27.0 Å². The molecule has 0 unspecified atom stereocenters. The Morgan fingerprint density at radius 1 is 1.50 bits per heavy atom. The van der Waals surface area contributed by atoms with Gasteiger partial charge in [-0.2, -0.15) is 0 Å². The molecule has 24 heavy (non-hydrogen) atoms. The van der Waals surface area contributed by atoms with Gasteiger partial charge in [-0.3, -0.25) is 4.90 Å². The lowest BCUT2D eigenvalue weighted by atomic mass is 10.2. The maximum atomic E-state index is 12.4. The number of amides is 1. The van der Waals surface area contributed by atoms with Gasteiger partial charge in [0.25, 0.3) is 0 Å². The zero-order chi connectivity index (χ0) is 17.5. The number of aromatic nitrogens is 2. The van der Waals surface area contributed by atoms with Crippen LogP contribution < -0.4 is 0 Å². The average molecular weight is 412 g/mol. The van der Waals surface area contributed by atoms with Crippen molar-refractivity contribution in [2.75, 3.05) is 6.54 Å². The van der Waals surface area contributed by atoms with E-state index in [1.54, 1.807) is 16.2 Å². The van der Waals surface area contributed by atoms with Crippen LogP contribution in [-0.2, 0) is 4.74 Å². The van der Waals surface area contributed by atoms with Crippen LogP contribution in [0.3, 0.4) is 0 Å². The topological polar surface area (TPSA) is 58.2 Å². The lowest BCUT2D eigenvalue weighted by Gasteiger charge is -2.27. The summed E-state index contributed by atoms with van der Waals surface area (Å²) >= 11 is 5.24. The normalized spacial score (nSPS) is 18.2. The summed E-state index contributed by atoms with van der Waals surface area (Å²) in [5.74, 6) is 0.829. The molecule has 0 aromatic carbocycles. The Hall–Kier alpha value is -1.34. The molecule has 7 heteroatoms. The summed E-state index contributed by atoms with van der Waals surface area (Å²) in [5, 5.41) is 0. The third kappa shape index (κ3) is 3.67. The maximum Gasteiger partial charge on any atom is 0.410 e. The molecule has 3 rings (SSSR count). The van der Waals surface area contributed by atoms with Crippen molar-refractivity contribution in [3.63, 3.8) is 0 Å². The molecule has 5 nitrogen and oxygen atoms in total. The van der Waals surface area contributed by atoms with Crippen LogP contribution in [0, 0.1) is 6.92 Å². The summed E-state index contributed by atoms with van der Waals surface area (Å²) in [5.41, 5.74) is 1.71. The molecule has 1 atom stereocenters. The molecule has 0 spiro atoms. The monoisotopic (exact) mass is 411 g/mol. The van der Waals surface area contributed by atoms with Gasteiger partial charge in [0.15, 0.2) is 0 Å². The number of thiophene rings is 1. The van der Waals surface area contributed by atoms with Crippen molar-refractivity contribution < 1.29 is 9.53 Å². The minimum Gasteiger partial charge on any atom is -0.444 e. The van der Waals surface area contributed by atoms with Crippen LogP contribution in [0.25, 0.3) is 10.6 Å². The van der Waals surface area contributed by atoms with Crippen molar-refractivity contribution in [3.8, 4) is 10.6 Å². The number of hydrogen-bond donors (Lipinski definition) is 1. The maximum absolute atomic E-state index is 12.4. The van der Waals surface area contributed by atoms with Crippen molar-refractivity contribution in [1.29, 1.82) is 0 Å². The van der Waals surface area contributed by atoms with Gasteiger partial charge in [-0.25, -0.2) is 9.78 Å². The Labute approximate surface area is 154 Å². The predicted octanol–water partition coefficient (Wildman–Crippen LogP) is 5.28. The first-order valence-corrected chi connectivity index (χ1v) is 9.66. The molecule has 0 bridgehead atoms. The largest absolute Gasteiger partial charge is 0.444 e. The second-order valence-electron chi connectivity index (χ2n) is 7.08. The van der Waals surface area contributed by atoms with E-state index in [2.05, 4.69) is 38.9 Å². The highest BCUT2D eigenvalue weighted by molar-refractivity contribution is 9.11. The Kier molecular flexibility index (Phi) is 4.75. The first-order valence-electron chi connectivity index (χ1n) is 8.05. The molecule has 2 aromatic rings. The van der Waals surface area contributed by atoms with E-state index in [0.29, 0.717) is 6.54 Å². The fraction of sp³-hybridized carbons (Fsp3) is 0.529. The fourth-order valence-corrected chi connectivity index (χ4v) is 4.31. The Morgan fingerprint density at radius 3 is 2.88 bits per heavy atom. The fourth-order valence-electron chi connectivity index (χ4n) is 2.81. The number of carbonyl (C=O) groups excluding carboxylic acids is 1. The van der Waals surface area contributed by atoms with Crippen molar-refractivity contribution >= 4 is 33.4 Å². The number of halogens is 1. The number of imidazole rings is 1. The molecule has 130 valence electrons. The highest BCUT2D eigenvalue weighted by atomic mass is 79.9. The molecule has 1 amide bonds. The van der Waals surface area contributed by atoms with E-state index in [1.165, 1.54) is 5.56 Å². The third-order valence-corrected chi connectivity index (χ3v) is 6.08. The number of aryl methyl sites for hydroxylation is 1. The first kappa shape index (κ1) is 17.5. The van der Waals surface area contributed by atoms with Gasteiger partial charge in [-0.15, -0.1) is 11.3 Å². The molecule has 1 aliphatic rings. The number of H-pyrrole nitrogens is 1. The second-order valence-corrected chi connectivity index (χ2v) is 9.45. The van der Waals surface area contributed by atoms with Gasteiger partial charge in [-0.05, 0) is 68.1 Å². The zero-order valence-electron chi connectivity index (χ0n) is 14.4. The van der Waals surface area contributed by atoms with Crippen LogP contribution in [0.4, 0.5) is 4.79 Å². The van der Waals surface area contributed by atoms with Gasteiger partial charge in [-0.1, -0.05) is 0 Å². The Bertz CT molecular complexity index is 728. The van der Waals surface area contributed by atoms with Crippen molar-refractivity contribution in [2.45, 2.75) is 52.2 Å². The smallest absolute Gasteiger partial charge is 0.410 e. The van der Waals surface area contributed by atoms with Crippen molar-refractivity contribution in [2.24, 2.45) is 0 Å². The van der Waals surface area contributed by atoms with Gasteiger partial charge >= 0.3 is 6.09 Å². The van der Waals surface area contributed by atoms with Crippen LogP contribution in [-0.4, -0.2) is 33.1 Å². The third-order valence-electron chi connectivity index (χ3n) is 3.91. The Balaban J connectivity index is 1.80. The number of rotatable bonds is 2. The molecule has 1 fully saturated rings. The summed E-state index contributed by atoms with van der Waals surface area (Å²) < 4.78 is 6.65. The number of carbonyl (C=O) groups is 1. The second kappa shape index (κ2) is 6.52. The van der Waals surface area contributed by atoms with E-state index < -0.39 is 5.60 Å². The zero-order valence-corrected chi connectivity index (χ0v) is 16.8. The van der Waals surface area contributed by atoms with Gasteiger partial charge < -0.3 is 9.72 Å².